The molecule has 0 aromatic carbocycles. The Balaban J connectivity index is 2.30. The van der Waals surface area contributed by atoms with Gasteiger partial charge in [-0.05, 0) is 26.7 Å². The normalized spacial score (nSPS) is 39.0. The Labute approximate surface area is 56.4 Å². The van der Waals surface area contributed by atoms with Gasteiger partial charge in [-0.15, -0.1) is 0 Å². The Hall–Kier alpha value is -0.0800. The second-order valence-electron chi connectivity index (χ2n) is 2.92. The van der Waals surface area contributed by atoms with E-state index in [0.29, 0.717) is 12.2 Å². The number of hydrogen-bond acceptors (Lipinski definition) is 2. The average Bonchev–Trinajstić information content (AvgIpc) is 2.14. The third-order valence-electron chi connectivity index (χ3n) is 1.85. The zero-order chi connectivity index (χ0) is 6.85. The Morgan fingerprint density at radius 1 is 1.56 bits per heavy atom. The van der Waals surface area contributed by atoms with Crippen molar-refractivity contribution in [3.8, 4) is 0 Å². The van der Waals surface area contributed by atoms with Crippen LogP contribution < -0.4 is 5.73 Å². The second-order valence-corrected chi connectivity index (χ2v) is 2.92. The van der Waals surface area contributed by atoms with Gasteiger partial charge in [0.15, 0.2) is 0 Å². The first-order chi connectivity index (χ1) is 4.20. The number of ether oxygens (including phenoxy) is 1. The van der Waals surface area contributed by atoms with E-state index >= 15 is 0 Å². The van der Waals surface area contributed by atoms with E-state index in [4.69, 9.17) is 10.5 Å². The molecular formula is C7H15NO. The van der Waals surface area contributed by atoms with E-state index in [1.807, 2.05) is 6.92 Å². The van der Waals surface area contributed by atoms with E-state index in [0.717, 1.165) is 6.42 Å². The molecule has 1 fully saturated rings. The minimum absolute atomic E-state index is 0.204. The van der Waals surface area contributed by atoms with Crippen molar-refractivity contribution in [3.05, 3.63) is 0 Å². The summed E-state index contributed by atoms with van der Waals surface area (Å²) in [5, 5.41) is 0. The van der Waals surface area contributed by atoms with Crippen LogP contribution in [0.1, 0.15) is 26.7 Å². The lowest BCUT2D eigenvalue weighted by Gasteiger charge is -2.13. The molecule has 1 aliphatic rings. The Bertz CT molecular complexity index is 92.9. The SMILES string of the molecule is CC1CCC([C@@H](C)N)O1. The molecule has 9 heavy (non-hydrogen) atoms. The zero-order valence-corrected chi connectivity index (χ0v) is 6.13. The molecule has 0 saturated carbocycles. The Morgan fingerprint density at radius 3 is 2.44 bits per heavy atom. The van der Waals surface area contributed by atoms with Crippen LogP contribution in [0, 0.1) is 0 Å². The Morgan fingerprint density at radius 2 is 2.22 bits per heavy atom. The first kappa shape index (κ1) is 7.03. The lowest BCUT2D eigenvalue weighted by atomic mass is 10.1. The van der Waals surface area contributed by atoms with Gasteiger partial charge in [-0.25, -0.2) is 0 Å². The summed E-state index contributed by atoms with van der Waals surface area (Å²) in [5.41, 5.74) is 5.63. The lowest BCUT2D eigenvalue weighted by molar-refractivity contribution is 0.0439. The molecule has 0 amide bonds. The second kappa shape index (κ2) is 2.67. The molecule has 2 unspecified atom stereocenters. The first-order valence-electron chi connectivity index (χ1n) is 3.61. The van der Waals surface area contributed by atoms with E-state index in [1.165, 1.54) is 6.42 Å². The molecule has 2 heteroatoms. The molecule has 54 valence electrons. The fourth-order valence-corrected chi connectivity index (χ4v) is 1.22. The third-order valence-corrected chi connectivity index (χ3v) is 1.85. The maximum absolute atomic E-state index is 5.63. The van der Waals surface area contributed by atoms with Crippen molar-refractivity contribution < 1.29 is 4.74 Å². The predicted octanol–water partition coefficient (Wildman–Crippen LogP) is 0.901. The summed E-state index contributed by atoms with van der Waals surface area (Å²) < 4.78 is 5.50. The van der Waals surface area contributed by atoms with Crippen molar-refractivity contribution in [1.82, 2.24) is 0 Å². The number of hydrogen-bond donors (Lipinski definition) is 1. The quantitative estimate of drug-likeness (QED) is 0.571. The molecule has 0 spiro atoms. The van der Waals surface area contributed by atoms with Crippen molar-refractivity contribution in [2.24, 2.45) is 5.73 Å². The van der Waals surface area contributed by atoms with E-state index < -0.39 is 0 Å². The van der Waals surface area contributed by atoms with E-state index in [2.05, 4.69) is 6.92 Å². The van der Waals surface area contributed by atoms with Crippen LogP contribution in [0.3, 0.4) is 0 Å². The standard InChI is InChI=1S/C7H15NO/c1-5-3-4-7(9-5)6(2)8/h5-7H,3-4,8H2,1-2H3/t5?,6-,7?/m1/s1. The minimum Gasteiger partial charge on any atom is -0.374 e. The highest BCUT2D eigenvalue weighted by Crippen LogP contribution is 2.20. The van der Waals surface area contributed by atoms with Gasteiger partial charge in [-0.3, -0.25) is 0 Å². The van der Waals surface area contributed by atoms with Gasteiger partial charge < -0.3 is 10.5 Å². The lowest BCUT2D eigenvalue weighted by Crippen LogP contribution is -2.31. The smallest absolute Gasteiger partial charge is 0.0727 e. The molecule has 0 aromatic rings. The van der Waals surface area contributed by atoms with Gasteiger partial charge in [0, 0.05) is 6.04 Å². The highest BCUT2D eigenvalue weighted by atomic mass is 16.5. The van der Waals surface area contributed by atoms with Gasteiger partial charge in [-0.2, -0.15) is 0 Å². The van der Waals surface area contributed by atoms with E-state index in [1.54, 1.807) is 0 Å². The molecule has 2 nitrogen and oxygen atoms in total. The number of rotatable bonds is 1. The van der Waals surface area contributed by atoms with Gasteiger partial charge in [0.05, 0.1) is 12.2 Å². The van der Waals surface area contributed by atoms with Gasteiger partial charge in [-0.1, -0.05) is 0 Å². The highest BCUT2D eigenvalue weighted by molar-refractivity contribution is 4.76. The van der Waals surface area contributed by atoms with Crippen LogP contribution in [-0.2, 0) is 4.74 Å². The van der Waals surface area contributed by atoms with Gasteiger partial charge in [0.1, 0.15) is 0 Å². The fourth-order valence-electron chi connectivity index (χ4n) is 1.22. The summed E-state index contributed by atoms with van der Waals surface area (Å²) in [6.07, 6.45) is 3.06. The molecule has 1 rings (SSSR count). The molecule has 0 bridgehead atoms. The van der Waals surface area contributed by atoms with Crippen LogP contribution >= 0.6 is 0 Å². The van der Waals surface area contributed by atoms with Crippen LogP contribution in [0.25, 0.3) is 0 Å². The van der Waals surface area contributed by atoms with Crippen molar-refractivity contribution >= 4 is 0 Å². The van der Waals surface area contributed by atoms with Gasteiger partial charge in [0.2, 0.25) is 0 Å². The molecular weight excluding hydrogens is 114 g/mol. The molecule has 1 saturated heterocycles. The molecule has 0 radical (unpaired) electrons. The summed E-state index contributed by atoms with van der Waals surface area (Å²) in [4.78, 5) is 0. The minimum atomic E-state index is 0.204. The van der Waals surface area contributed by atoms with Crippen LogP contribution in [-0.4, -0.2) is 18.2 Å². The third kappa shape index (κ3) is 1.66. The maximum Gasteiger partial charge on any atom is 0.0727 e. The van der Waals surface area contributed by atoms with Crippen molar-refractivity contribution in [2.75, 3.05) is 0 Å². The predicted molar refractivity (Wildman–Crippen MR) is 37.2 cm³/mol. The van der Waals surface area contributed by atoms with Crippen LogP contribution in [0.2, 0.25) is 0 Å². The van der Waals surface area contributed by atoms with Gasteiger partial charge in [0.25, 0.3) is 0 Å². The topological polar surface area (TPSA) is 35.2 Å². The molecule has 2 N–H and O–H groups in total. The summed E-state index contributed by atoms with van der Waals surface area (Å²) in [6, 6.07) is 0.204. The summed E-state index contributed by atoms with van der Waals surface area (Å²) in [7, 11) is 0. The van der Waals surface area contributed by atoms with E-state index in [9.17, 15) is 0 Å². The molecule has 3 atom stereocenters. The largest absolute Gasteiger partial charge is 0.374 e. The van der Waals surface area contributed by atoms with Crippen molar-refractivity contribution in [2.45, 2.75) is 44.9 Å². The fraction of sp³-hybridized carbons (Fsp3) is 1.00. The monoisotopic (exact) mass is 129 g/mol. The summed E-state index contributed by atoms with van der Waals surface area (Å²) in [5.74, 6) is 0. The van der Waals surface area contributed by atoms with E-state index in [-0.39, 0.29) is 6.04 Å². The highest BCUT2D eigenvalue weighted by Gasteiger charge is 2.24. The molecule has 0 aromatic heterocycles. The van der Waals surface area contributed by atoms with Crippen molar-refractivity contribution in [1.29, 1.82) is 0 Å². The van der Waals surface area contributed by atoms with Crippen molar-refractivity contribution in [3.63, 3.8) is 0 Å². The maximum atomic E-state index is 5.63. The number of nitrogens with two attached hydrogens (primary N) is 1. The average molecular weight is 129 g/mol. The molecule has 1 aliphatic heterocycles. The zero-order valence-electron chi connectivity index (χ0n) is 6.13. The summed E-state index contributed by atoms with van der Waals surface area (Å²) in [6.45, 7) is 4.10. The molecule has 0 aliphatic carbocycles. The van der Waals surface area contributed by atoms with Crippen LogP contribution in [0.15, 0.2) is 0 Å². The summed E-state index contributed by atoms with van der Waals surface area (Å²) >= 11 is 0. The van der Waals surface area contributed by atoms with Gasteiger partial charge >= 0.3 is 0 Å². The Kier molecular flexibility index (Phi) is 2.09. The first-order valence-corrected chi connectivity index (χ1v) is 3.61. The van der Waals surface area contributed by atoms with Crippen LogP contribution in [0.5, 0.6) is 0 Å². The molecule has 1 heterocycles. The van der Waals surface area contributed by atoms with Crippen LogP contribution in [0.4, 0.5) is 0 Å².